The van der Waals surface area contributed by atoms with E-state index in [-0.39, 0.29) is 12.1 Å². The van der Waals surface area contributed by atoms with Gasteiger partial charge in [0.05, 0.1) is 6.61 Å². The zero-order valence-electron chi connectivity index (χ0n) is 10.4. The molecule has 0 fully saturated rings. The fourth-order valence-electron chi connectivity index (χ4n) is 1.16. The predicted octanol–water partition coefficient (Wildman–Crippen LogP) is 1.34. The molecule has 1 N–H and O–H groups in total. The molecular weight excluding hydrogens is 194 g/mol. The number of carbonyl (C=O) groups excluding carboxylic acids is 1. The number of esters is 1. The van der Waals surface area contributed by atoms with Crippen molar-refractivity contribution >= 4 is 5.97 Å². The van der Waals surface area contributed by atoms with Gasteiger partial charge in [0.25, 0.3) is 0 Å². The summed E-state index contributed by atoms with van der Waals surface area (Å²) in [5, 5.41) is 3.07. The lowest BCUT2D eigenvalue weighted by Crippen LogP contribution is -2.48. The number of rotatable bonds is 7. The Morgan fingerprint density at radius 2 is 2.00 bits per heavy atom. The highest BCUT2D eigenvalue weighted by molar-refractivity contribution is 5.79. The van der Waals surface area contributed by atoms with Crippen molar-refractivity contribution in [1.29, 1.82) is 0 Å². The maximum Gasteiger partial charge on any atom is 0.326 e. The molecule has 0 heterocycles. The number of ether oxygens (including phenoxy) is 2. The van der Waals surface area contributed by atoms with Gasteiger partial charge in [-0.2, -0.15) is 0 Å². The van der Waals surface area contributed by atoms with Crippen LogP contribution in [0.3, 0.4) is 0 Å². The summed E-state index contributed by atoms with van der Waals surface area (Å²) in [4.78, 5) is 11.7. The van der Waals surface area contributed by atoms with E-state index < -0.39 is 5.54 Å². The highest BCUT2D eigenvalue weighted by Crippen LogP contribution is 2.07. The van der Waals surface area contributed by atoms with Gasteiger partial charge in [-0.15, -0.1) is 0 Å². The molecule has 0 radical (unpaired) electrons. The molecule has 1 atom stereocenters. The minimum Gasteiger partial charge on any atom is -0.459 e. The molecule has 4 heteroatoms. The molecule has 1 unspecified atom stereocenters. The molecule has 0 saturated heterocycles. The van der Waals surface area contributed by atoms with Crippen LogP contribution in [0.4, 0.5) is 0 Å². The monoisotopic (exact) mass is 217 g/mol. The van der Waals surface area contributed by atoms with Gasteiger partial charge in [-0.05, 0) is 34.2 Å². The summed E-state index contributed by atoms with van der Waals surface area (Å²) in [5.74, 6) is -0.239. The maximum atomic E-state index is 11.7. The standard InChI is InChI=1S/C11H23NO3/c1-6-12-11(4,5)10(13)15-9(3)8-14-7-2/h9,12H,6-8H2,1-5H3. The van der Waals surface area contributed by atoms with Gasteiger partial charge >= 0.3 is 5.97 Å². The highest BCUT2D eigenvalue weighted by atomic mass is 16.6. The minimum atomic E-state index is -0.630. The summed E-state index contributed by atoms with van der Waals surface area (Å²) >= 11 is 0. The Bertz CT molecular complexity index is 192. The molecule has 0 aliphatic heterocycles. The Hall–Kier alpha value is -0.610. The van der Waals surface area contributed by atoms with E-state index in [1.807, 2.05) is 34.6 Å². The number of nitrogens with one attached hydrogen (secondary N) is 1. The fourth-order valence-corrected chi connectivity index (χ4v) is 1.16. The van der Waals surface area contributed by atoms with Crippen LogP contribution in [0.2, 0.25) is 0 Å². The van der Waals surface area contributed by atoms with Crippen LogP contribution in [-0.2, 0) is 14.3 Å². The van der Waals surface area contributed by atoms with Gasteiger partial charge in [0.1, 0.15) is 11.6 Å². The number of hydrogen-bond acceptors (Lipinski definition) is 4. The third-order valence-electron chi connectivity index (χ3n) is 1.99. The molecule has 0 saturated carbocycles. The molecule has 4 nitrogen and oxygen atoms in total. The molecule has 90 valence electrons. The summed E-state index contributed by atoms with van der Waals surface area (Å²) in [7, 11) is 0. The predicted molar refractivity (Wildman–Crippen MR) is 59.8 cm³/mol. The average molecular weight is 217 g/mol. The van der Waals surface area contributed by atoms with Gasteiger partial charge in [-0.25, -0.2) is 0 Å². The third kappa shape index (κ3) is 5.74. The molecule has 0 amide bonds. The summed E-state index contributed by atoms with van der Waals surface area (Å²) in [6, 6.07) is 0. The van der Waals surface area contributed by atoms with Gasteiger partial charge in [0.2, 0.25) is 0 Å². The van der Waals surface area contributed by atoms with Gasteiger partial charge in [0.15, 0.2) is 0 Å². The quantitative estimate of drug-likeness (QED) is 0.654. The lowest BCUT2D eigenvalue weighted by atomic mass is 10.1. The Morgan fingerprint density at radius 1 is 1.40 bits per heavy atom. The topological polar surface area (TPSA) is 47.6 Å². The van der Waals surface area contributed by atoms with Crippen molar-refractivity contribution < 1.29 is 14.3 Å². The van der Waals surface area contributed by atoms with Crippen LogP contribution in [0, 0.1) is 0 Å². The van der Waals surface area contributed by atoms with Gasteiger partial charge in [-0.1, -0.05) is 6.92 Å². The SMILES string of the molecule is CCNC(C)(C)C(=O)OC(C)COCC. The molecule has 0 aromatic carbocycles. The average Bonchev–Trinajstić information content (AvgIpc) is 2.14. The molecule has 0 bridgehead atoms. The van der Waals surface area contributed by atoms with E-state index in [1.165, 1.54) is 0 Å². The summed E-state index contributed by atoms with van der Waals surface area (Å²) < 4.78 is 10.4. The molecule has 0 aliphatic rings. The van der Waals surface area contributed by atoms with E-state index in [0.717, 1.165) is 6.54 Å². The first-order valence-electron chi connectivity index (χ1n) is 5.47. The lowest BCUT2D eigenvalue weighted by Gasteiger charge is -2.25. The number of likely N-dealkylation sites (N-methyl/N-ethyl adjacent to an activating group) is 1. The van der Waals surface area contributed by atoms with Crippen molar-refractivity contribution in [3.8, 4) is 0 Å². The highest BCUT2D eigenvalue weighted by Gasteiger charge is 2.29. The first-order chi connectivity index (χ1) is 6.94. The second kappa shape index (κ2) is 6.80. The largest absolute Gasteiger partial charge is 0.459 e. The van der Waals surface area contributed by atoms with Crippen LogP contribution in [0.5, 0.6) is 0 Å². The molecular formula is C11H23NO3. The van der Waals surface area contributed by atoms with Crippen molar-refractivity contribution in [2.24, 2.45) is 0 Å². The van der Waals surface area contributed by atoms with Crippen molar-refractivity contribution in [3.05, 3.63) is 0 Å². The van der Waals surface area contributed by atoms with Crippen molar-refractivity contribution in [2.45, 2.75) is 46.3 Å². The van der Waals surface area contributed by atoms with Crippen LogP contribution in [-0.4, -0.2) is 37.4 Å². The fraction of sp³-hybridized carbons (Fsp3) is 0.909. The van der Waals surface area contributed by atoms with E-state index in [4.69, 9.17) is 9.47 Å². The van der Waals surface area contributed by atoms with Crippen LogP contribution in [0.25, 0.3) is 0 Å². The van der Waals surface area contributed by atoms with Gasteiger partial charge < -0.3 is 14.8 Å². The Balaban J connectivity index is 4.00. The third-order valence-corrected chi connectivity index (χ3v) is 1.99. The Kier molecular flexibility index (Phi) is 6.52. The molecule has 0 aromatic rings. The number of carbonyl (C=O) groups is 1. The zero-order valence-corrected chi connectivity index (χ0v) is 10.4. The van der Waals surface area contributed by atoms with E-state index >= 15 is 0 Å². The summed E-state index contributed by atoms with van der Waals surface area (Å²) in [6.07, 6.45) is -0.199. The van der Waals surface area contributed by atoms with Crippen LogP contribution in [0.15, 0.2) is 0 Å². The second-order valence-electron chi connectivity index (χ2n) is 4.03. The van der Waals surface area contributed by atoms with Crippen LogP contribution >= 0.6 is 0 Å². The Morgan fingerprint density at radius 3 is 2.47 bits per heavy atom. The number of hydrogen-bond donors (Lipinski definition) is 1. The van der Waals surface area contributed by atoms with E-state index in [1.54, 1.807) is 0 Å². The molecule has 0 spiro atoms. The van der Waals surface area contributed by atoms with Gasteiger partial charge in [-0.3, -0.25) is 4.79 Å². The summed E-state index contributed by atoms with van der Waals surface area (Å²) in [5.41, 5.74) is -0.630. The normalized spacial score (nSPS) is 13.7. The molecule has 0 rings (SSSR count). The van der Waals surface area contributed by atoms with Crippen LogP contribution in [0.1, 0.15) is 34.6 Å². The molecule has 15 heavy (non-hydrogen) atoms. The first-order valence-corrected chi connectivity index (χ1v) is 5.47. The van der Waals surface area contributed by atoms with Crippen molar-refractivity contribution in [1.82, 2.24) is 5.32 Å². The van der Waals surface area contributed by atoms with Gasteiger partial charge in [0, 0.05) is 6.61 Å². The van der Waals surface area contributed by atoms with Crippen molar-refractivity contribution in [3.63, 3.8) is 0 Å². The van der Waals surface area contributed by atoms with E-state index in [2.05, 4.69) is 5.32 Å². The van der Waals surface area contributed by atoms with Crippen molar-refractivity contribution in [2.75, 3.05) is 19.8 Å². The molecule has 0 aliphatic carbocycles. The smallest absolute Gasteiger partial charge is 0.326 e. The lowest BCUT2D eigenvalue weighted by molar-refractivity contribution is -0.157. The first kappa shape index (κ1) is 14.4. The molecule has 0 aromatic heterocycles. The van der Waals surface area contributed by atoms with E-state index in [0.29, 0.717) is 13.2 Å². The maximum absolute atomic E-state index is 11.7. The Labute approximate surface area is 92.3 Å². The summed E-state index contributed by atoms with van der Waals surface area (Å²) in [6.45, 7) is 11.1. The second-order valence-corrected chi connectivity index (χ2v) is 4.03. The van der Waals surface area contributed by atoms with Crippen LogP contribution < -0.4 is 5.32 Å². The minimum absolute atomic E-state index is 0.199. The zero-order chi connectivity index (χ0) is 11.9. The van der Waals surface area contributed by atoms with E-state index in [9.17, 15) is 4.79 Å².